The Balaban J connectivity index is 2.16. The van der Waals surface area contributed by atoms with Crippen LogP contribution in [0.5, 0.6) is 0 Å². The molecule has 0 spiro atoms. The van der Waals surface area contributed by atoms with Crippen LogP contribution in [-0.2, 0) is 0 Å². The zero-order chi connectivity index (χ0) is 8.48. The highest BCUT2D eigenvalue weighted by atomic mass is 19.4. The number of rotatable bonds is 3. The van der Waals surface area contributed by atoms with Gasteiger partial charge in [0.2, 0.25) is 0 Å². The van der Waals surface area contributed by atoms with E-state index in [0.717, 1.165) is 19.3 Å². The molecule has 0 aromatic rings. The van der Waals surface area contributed by atoms with Gasteiger partial charge in [0, 0.05) is 0 Å². The number of alkyl halides is 3. The van der Waals surface area contributed by atoms with Crippen LogP contribution in [0.25, 0.3) is 0 Å². The van der Waals surface area contributed by atoms with E-state index in [4.69, 9.17) is 0 Å². The Morgan fingerprint density at radius 1 is 1.36 bits per heavy atom. The van der Waals surface area contributed by atoms with Crippen LogP contribution in [0.1, 0.15) is 32.6 Å². The van der Waals surface area contributed by atoms with E-state index in [1.165, 1.54) is 0 Å². The molecule has 2 atom stereocenters. The second kappa shape index (κ2) is 3.03. The number of hydrogen-bond donors (Lipinski definition) is 0. The lowest BCUT2D eigenvalue weighted by Gasteiger charge is -2.03. The number of halogens is 3. The molecule has 1 fully saturated rings. The van der Waals surface area contributed by atoms with E-state index >= 15 is 0 Å². The van der Waals surface area contributed by atoms with E-state index in [-0.39, 0.29) is 5.92 Å². The van der Waals surface area contributed by atoms with Crippen LogP contribution in [0.4, 0.5) is 13.2 Å². The van der Waals surface area contributed by atoms with Crippen molar-refractivity contribution in [3.63, 3.8) is 0 Å². The van der Waals surface area contributed by atoms with Crippen LogP contribution in [0.2, 0.25) is 0 Å². The summed E-state index contributed by atoms with van der Waals surface area (Å²) in [6, 6.07) is 0. The van der Waals surface area contributed by atoms with Gasteiger partial charge in [0.15, 0.2) is 0 Å². The van der Waals surface area contributed by atoms with Crippen molar-refractivity contribution in [2.45, 2.75) is 38.8 Å². The Bertz CT molecular complexity index is 128. The lowest BCUT2D eigenvalue weighted by molar-refractivity contribution is -0.151. The van der Waals surface area contributed by atoms with Crippen LogP contribution in [-0.4, -0.2) is 6.18 Å². The smallest absolute Gasteiger partial charge is 0.171 e. The highest BCUT2D eigenvalue weighted by Crippen LogP contribution is 2.52. The van der Waals surface area contributed by atoms with Crippen LogP contribution >= 0.6 is 0 Å². The fraction of sp³-hybridized carbons (Fsp3) is 1.00. The fourth-order valence-corrected chi connectivity index (χ4v) is 1.43. The molecule has 0 bridgehead atoms. The standard InChI is InChI=1S/C8H13F3/c1-2-3-4-6-5-7(6)8(9,10)11/h6-7H,2-5H2,1H3/t6-,7+/m1/s1. The lowest BCUT2D eigenvalue weighted by Crippen LogP contribution is -2.11. The zero-order valence-corrected chi connectivity index (χ0v) is 6.62. The highest BCUT2D eigenvalue weighted by Gasteiger charge is 2.54. The van der Waals surface area contributed by atoms with Crippen LogP contribution < -0.4 is 0 Å². The highest BCUT2D eigenvalue weighted by molar-refractivity contribution is 4.90. The van der Waals surface area contributed by atoms with Crippen molar-refractivity contribution in [2.75, 3.05) is 0 Å². The van der Waals surface area contributed by atoms with Gasteiger partial charge < -0.3 is 0 Å². The fourth-order valence-electron chi connectivity index (χ4n) is 1.43. The summed E-state index contributed by atoms with van der Waals surface area (Å²) in [5.74, 6) is -1.01. The SMILES string of the molecule is CCCC[C@@H]1C[C@@H]1C(F)(F)F. The van der Waals surface area contributed by atoms with E-state index in [1.54, 1.807) is 0 Å². The average Bonchev–Trinajstić information content (AvgIpc) is 2.60. The van der Waals surface area contributed by atoms with Gasteiger partial charge in [-0.1, -0.05) is 19.8 Å². The molecular weight excluding hydrogens is 153 g/mol. The van der Waals surface area contributed by atoms with Crippen molar-refractivity contribution >= 4 is 0 Å². The Labute approximate surface area is 64.8 Å². The minimum Gasteiger partial charge on any atom is -0.171 e. The molecule has 0 heterocycles. The first-order chi connectivity index (χ1) is 5.05. The van der Waals surface area contributed by atoms with Crippen molar-refractivity contribution in [3.05, 3.63) is 0 Å². The summed E-state index contributed by atoms with van der Waals surface area (Å²) in [4.78, 5) is 0. The molecular formula is C8H13F3. The summed E-state index contributed by atoms with van der Waals surface area (Å²) in [7, 11) is 0. The van der Waals surface area contributed by atoms with Gasteiger partial charge in [0.1, 0.15) is 0 Å². The molecule has 66 valence electrons. The van der Waals surface area contributed by atoms with Gasteiger partial charge >= 0.3 is 6.18 Å². The molecule has 3 heteroatoms. The summed E-state index contributed by atoms with van der Waals surface area (Å²) >= 11 is 0. The molecule has 1 aliphatic carbocycles. The van der Waals surface area contributed by atoms with Crippen LogP contribution in [0.3, 0.4) is 0 Å². The van der Waals surface area contributed by atoms with Gasteiger partial charge in [-0.25, -0.2) is 0 Å². The third kappa shape index (κ3) is 2.38. The lowest BCUT2D eigenvalue weighted by atomic mass is 10.1. The third-order valence-electron chi connectivity index (χ3n) is 2.27. The summed E-state index contributed by atoms with van der Waals surface area (Å²) in [6.45, 7) is 2.00. The van der Waals surface area contributed by atoms with Gasteiger partial charge in [0.25, 0.3) is 0 Å². The first-order valence-corrected chi connectivity index (χ1v) is 4.12. The van der Waals surface area contributed by atoms with E-state index < -0.39 is 12.1 Å². The van der Waals surface area contributed by atoms with Crippen molar-refractivity contribution in [3.8, 4) is 0 Å². The molecule has 0 saturated heterocycles. The molecule has 1 saturated carbocycles. The first-order valence-electron chi connectivity index (χ1n) is 4.12. The van der Waals surface area contributed by atoms with Crippen molar-refractivity contribution in [2.24, 2.45) is 11.8 Å². The molecule has 0 unspecified atom stereocenters. The quantitative estimate of drug-likeness (QED) is 0.603. The Kier molecular flexibility index (Phi) is 2.45. The van der Waals surface area contributed by atoms with Crippen LogP contribution in [0, 0.1) is 11.8 Å². The maximum Gasteiger partial charge on any atom is 0.392 e. The zero-order valence-electron chi connectivity index (χ0n) is 6.62. The minimum absolute atomic E-state index is 0.0463. The van der Waals surface area contributed by atoms with E-state index in [1.807, 2.05) is 6.92 Å². The summed E-state index contributed by atoms with van der Waals surface area (Å²) in [5, 5.41) is 0. The molecule has 0 amide bonds. The monoisotopic (exact) mass is 166 g/mol. The maximum atomic E-state index is 11.9. The molecule has 11 heavy (non-hydrogen) atoms. The molecule has 0 aromatic carbocycles. The third-order valence-corrected chi connectivity index (χ3v) is 2.27. The van der Waals surface area contributed by atoms with E-state index in [9.17, 15) is 13.2 Å². The first kappa shape index (κ1) is 8.88. The predicted octanol–water partition coefficient (Wildman–Crippen LogP) is 3.38. The minimum atomic E-state index is -3.92. The van der Waals surface area contributed by atoms with Crippen molar-refractivity contribution in [1.82, 2.24) is 0 Å². The summed E-state index contributed by atoms with van der Waals surface area (Å²) < 4.78 is 35.8. The van der Waals surface area contributed by atoms with Gasteiger partial charge in [-0.2, -0.15) is 13.2 Å². The van der Waals surface area contributed by atoms with Crippen molar-refractivity contribution in [1.29, 1.82) is 0 Å². The molecule has 0 N–H and O–H groups in total. The van der Waals surface area contributed by atoms with Gasteiger partial charge in [0.05, 0.1) is 5.92 Å². The number of unbranched alkanes of at least 4 members (excludes halogenated alkanes) is 1. The molecule has 1 rings (SSSR count). The van der Waals surface area contributed by atoms with Crippen molar-refractivity contribution < 1.29 is 13.2 Å². The van der Waals surface area contributed by atoms with Gasteiger partial charge in [-0.3, -0.25) is 0 Å². The predicted molar refractivity (Wildman–Crippen MR) is 37.2 cm³/mol. The maximum absolute atomic E-state index is 11.9. The summed E-state index contributed by atoms with van der Waals surface area (Å²) in [6.07, 6.45) is -0.832. The largest absolute Gasteiger partial charge is 0.392 e. The topological polar surface area (TPSA) is 0 Å². The Morgan fingerprint density at radius 3 is 2.36 bits per heavy atom. The average molecular weight is 166 g/mol. The van der Waals surface area contributed by atoms with Gasteiger partial charge in [-0.15, -0.1) is 0 Å². The molecule has 0 nitrogen and oxygen atoms in total. The van der Waals surface area contributed by atoms with Crippen LogP contribution in [0.15, 0.2) is 0 Å². The second-order valence-electron chi connectivity index (χ2n) is 3.29. The number of hydrogen-bond acceptors (Lipinski definition) is 0. The Morgan fingerprint density at radius 2 is 2.00 bits per heavy atom. The van der Waals surface area contributed by atoms with Gasteiger partial charge in [-0.05, 0) is 18.8 Å². The van der Waals surface area contributed by atoms with E-state index in [2.05, 4.69) is 0 Å². The molecule has 0 aromatic heterocycles. The Hall–Kier alpha value is -0.210. The second-order valence-corrected chi connectivity index (χ2v) is 3.29. The molecule has 1 aliphatic rings. The summed E-state index contributed by atoms with van der Waals surface area (Å²) in [5.41, 5.74) is 0. The van der Waals surface area contributed by atoms with E-state index in [0.29, 0.717) is 6.42 Å². The molecule has 0 radical (unpaired) electrons. The molecule has 0 aliphatic heterocycles. The normalized spacial score (nSPS) is 30.5.